The van der Waals surface area contributed by atoms with Crippen molar-refractivity contribution in [2.45, 2.75) is 23.8 Å². The number of carboxylic acid groups (broad SMARTS) is 1. The fraction of sp³-hybridized carbons (Fsp3) is 0.500. The summed E-state index contributed by atoms with van der Waals surface area (Å²) >= 11 is 12.2. The molecular weight excluding hydrogens is 381 g/mol. The van der Waals surface area contributed by atoms with Gasteiger partial charge in [-0.15, -0.1) is 0 Å². The van der Waals surface area contributed by atoms with E-state index in [0.717, 1.165) is 4.31 Å². The van der Waals surface area contributed by atoms with Crippen LogP contribution in [0.4, 0.5) is 0 Å². The average Bonchev–Trinajstić information content (AvgIpc) is 3.00. The van der Waals surface area contributed by atoms with Crippen LogP contribution in [0.3, 0.4) is 0 Å². The Morgan fingerprint density at radius 3 is 2.50 bits per heavy atom. The summed E-state index contributed by atoms with van der Waals surface area (Å²) in [5, 5.41) is 9.24. The molecule has 1 aliphatic heterocycles. The summed E-state index contributed by atoms with van der Waals surface area (Å²) in [5.74, 6) is -1.02. The van der Waals surface area contributed by atoms with Crippen LogP contribution in [0, 0.1) is 0 Å². The van der Waals surface area contributed by atoms with Gasteiger partial charge in [-0.25, -0.2) is 8.42 Å². The molecule has 0 aliphatic carbocycles. The maximum atomic E-state index is 12.7. The van der Waals surface area contributed by atoms with E-state index in [1.807, 2.05) is 0 Å². The molecule has 1 heterocycles. The molecule has 1 unspecified atom stereocenters. The summed E-state index contributed by atoms with van der Waals surface area (Å²) in [5.41, 5.74) is 0. The maximum absolute atomic E-state index is 12.7. The van der Waals surface area contributed by atoms with E-state index < -0.39 is 22.0 Å². The van der Waals surface area contributed by atoms with Crippen molar-refractivity contribution in [2.24, 2.45) is 0 Å². The summed E-state index contributed by atoms with van der Waals surface area (Å²) in [7, 11) is -2.51. The van der Waals surface area contributed by atoms with Gasteiger partial charge in [0.2, 0.25) is 10.0 Å². The molecule has 0 spiro atoms. The van der Waals surface area contributed by atoms with Crippen LogP contribution in [0.15, 0.2) is 17.0 Å². The third kappa shape index (κ3) is 3.94. The minimum Gasteiger partial charge on any atom is -0.488 e. The predicted molar refractivity (Wildman–Crippen MR) is 88.4 cm³/mol. The van der Waals surface area contributed by atoms with Gasteiger partial charge in [-0.1, -0.05) is 23.2 Å². The number of halogens is 2. The Labute approximate surface area is 150 Å². The molecule has 2 rings (SSSR count). The first-order chi connectivity index (χ1) is 11.3. The molecule has 134 valence electrons. The van der Waals surface area contributed by atoms with E-state index >= 15 is 0 Å². The standard InChI is InChI=1S/C14H17Cl2NO6S/c1-22-5-6-23-13-10(15)7-9(8-11(13)16)24(20,21)17-4-2-3-12(17)14(18)19/h7-8,12H,2-6H2,1H3,(H,18,19). The number of hydrogen-bond donors (Lipinski definition) is 1. The lowest BCUT2D eigenvalue weighted by Gasteiger charge is -2.21. The van der Waals surface area contributed by atoms with Crippen LogP contribution in [-0.4, -0.2) is 56.7 Å². The smallest absolute Gasteiger partial charge is 0.322 e. The molecule has 0 aromatic heterocycles. The van der Waals surface area contributed by atoms with Crippen molar-refractivity contribution < 1.29 is 27.8 Å². The Kier molecular flexibility index (Phi) is 6.33. The van der Waals surface area contributed by atoms with Crippen molar-refractivity contribution in [3.05, 3.63) is 22.2 Å². The summed E-state index contributed by atoms with van der Waals surface area (Å²) in [6, 6.07) is 1.34. The van der Waals surface area contributed by atoms with Crippen LogP contribution in [-0.2, 0) is 19.6 Å². The molecule has 0 saturated carbocycles. The summed E-state index contributed by atoms with van der Waals surface area (Å²) in [6.45, 7) is 0.663. The lowest BCUT2D eigenvalue weighted by atomic mass is 10.2. The van der Waals surface area contributed by atoms with E-state index in [1.54, 1.807) is 0 Å². The van der Waals surface area contributed by atoms with Crippen LogP contribution >= 0.6 is 23.2 Å². The minimum absolute atomic E-state index is 0.0308. The SMILES string of the molecule is COCCOc1c(Cl)cc(S(=O)(=O)N2CCCC2C(=O)O)cc1Cl. The van der Waals surface area contributed by atoms with Crippen molar-refractivity contribution >= 4 is 39.2 Å². The fourth-order valence-electron chi connectivity index (χ4n) is 2.46. The highest BCUT2D eigenvalue weighted by Gasteiger charge is 2.39. The number of ether oxygens (including phenoxy) is 2. The predicted octanol–water partition coefficient (Wildman–Crippen LogP) is 2.26. The lowest BCUT2D eigenvalue weighted by molar-refractivity contribution is -0.140. The fourth-order valence-corrected chi connectivity index (χ4v) is 4.89. The summed E-state index contributed by atoms with van der Waals surface area (Å²) < 4.78 is 36.6. The Bertz CT molecular complexity index is 701. The monoisotopic (exact) mass is 397 g/mol. The molecule has 24 heavy (non-hydrogen) atoms. The molecule has 1 aromatic rings. The highest BCUT2D eigenvalue weighted by atomic mass is 35.5. The highest BCUT2D eigenvalue weighted by molar-refractivity contribution is 7.89. The zero-order valence-electron chi connectivity index (χ0n) is 12.9. The number of aliphatic carboxylic acids is 1. The van der Waals surface area contributed by atoms with Crippen molar-refractivity contribution in [2.75, 3.05) is 26.9 Å². The topological polar surface area (TPSA) is 93.1 Å². The van der Waals surface area contributed by atoms with Gasteiger partial charge in [0.15, 0.2) is 5.75 Å². The van der Waals surface area contributed by atoms with Crippen molar-refractivity contribution in [1.29, 1.82) is 0 Å². The maximum Gasteiger partial charge on any atom is 0.322 e. The van der Waals surface area contributed by atoms with E-state index in [1.165, 1.54) is 19.2 Å². The van der Waals surface area contributed by atoms with Gasteiger partial charge >= 0.3 is 5.97 Å². The van der Waals surface area contributed by atoms with Gasteiger partial charge in [-0.3, -0.25) is 4.79 Å². The molecule has 1 aliphatic rings. The van der Waals surface area contributed by atoms with Crippen LogP contribution < -0.4 is 4.74 Å². The van der Waals surface area contributed by atoms with Crippen molar-refractivity contribution in [3.63, 3.8) is 0 Å². The Hall–Kier alpha value is -1.06. The number of sulfonamides is 1. The Morgan fingerprint density at radius 2 is 1.96 bits per heavy atom. The summed E-state index contributed by atoms with van der Waals surface area (Å²) in [6.07, 6.45) is 0.754. The summed E-state index contributed by atoms with van der Waals surface area (Å²) in [4.78, 5) is 11.1. The van der Waals surface area contributed by atoms with Gasteiger partial charge < -0.3 is 14.6 Å². The number of carbonyl (C=O) groups is 1. The quantitative estimate of drug-likeness (QED) is 0.709. The molecule has 0 bridgehead atoms. The molecule has 0 amide bonds. The molecule has 0 radical (unpaired) electrons. The number of nitrogens with zero attached hydrogens (tertiary/aromatic N) is 1. The zero-order chi connectivity index (χ0) is 17.9. The van der Waals surface area contributed by atoms with Crippen LogP contribution in [0.5, 0.6) is 5.75 Å². The zero-order valence-corrected chi connectivity index (χ0v) is 15.2. The van der Waals surface area contributed by atoms with E-state index in [0.29, 0.717) is 13.0 Å². The van der Waals surface area contributed by atoms with Crippen LogP contribution in [0.25, 0.3) is 0 Å². The first-order valence-electron chi connectivity index (χ1n) is 7.14. The molecule has 7 nitrogen and oxygen atoms in total. The minimum atomic E-state index is -4.02. The number of carboxylic acids is 1. The van der Waals surface area contributed by atoms with Gasteiger partial charge in [0, 0.05) is 13.7 Å². The first-order valence-corrected chi connectivity index (χ1v) is 9.34. The first kappa shape index (κ1) is 19.3. The third-order valence-corrected chi connectivity index (χ3v) is 6.05. The number of benzene rings is 1. The Balaban J connectivity index is 2.33. The van der Waals surface area contributed by atoms with Crippen LogP contribution in [0.2, 0.25) is 10.0 Å². The van der Waals surface area contributed by atoms with Crippen LogP contribution in [0.1, 0.15) is 12.8 Å². The molecule has 1 N–H and O–H groups in total. The second kappa shape index (κ2) is 7.88. The molecule has 1 fully saturated rings. The van der Waals surface area contributed by atoms with Gasteiger partial charge in [0.05, 0.1) is 21.5 Å². The van der Waals surface area contributed by atoms with E-state index in [-0.39, 0.29) is 40.3 Å². The van der Waals surface area contributed by atoms with Crippen molar-refractivity contribution in [1.82, 2.24) is 4.31 Å². The third-order valence-electron chi connectivity index (χ3n) is 3.60. The number of methoxy groups -OCH3 is 1. The number of rotatable bonds is 7. The molecular formula is C14H17Cl2NO6S. The van der Waals surface area contributed by atoms with E-state index in [4.69, 9.17) is 32.7 Å². The lowest BCUT2D eigenvalue weighted by Crippen LogP contribution is -2.40. The molecule has 10 heteroatoms. The molecule has 1 saturated heterocycles. The largest absolute Gasteiger partial charge is 0.488 e. The van der Waals surface area contributed by atoms with Crippen molar-refractivity contribution in [3.8, 4) is 5.75 Å². The van der Waals surface area contributed by atoms with Gasteiger partial charge in [0.1, 0.15) is 12.6 Å². The highest BCUT2D eigenvalue weighted by Crippen LogP contribution is 2.37. The number of hydrogen-bond acceptors (Lipinski definition) is 5. The van der Waals surface area contributed by atoms with Gasteiger partial charge in [-0.2, -0.15) is 4.31 Å². The van der Waals surface area contributed by atoms with Gasteiger partial charge in [0.25, 0.3) is 0 Å². The van der Waals surface area contributed by atoms with E-state index in [9.17, 15) is 18.3 Å². The normalized spacial score (nSPS) is 18.7. The second-order valence-corrected chi connectivity index (χ2v) is 7.87. The van der Waals surface area contributed by atoms with Gasteiger partial charge in [-0.05, 0) is 25.0 Å². The Morgan fingerprint density at radius 1 is 1.33 bits per heavy atom. The molecule has 1 aromatic carbocycles. The second-order valence-electron chi connectivity index (χ2n) is 5.17. The average molecular weight is 398 g/mol. The van der Waals surface area contributed by atoms with E-state index in [2.05, 4.69) is 0 Å². The molecule has 1 atom stereocenters.